The molecule has 1 rings (SSSR count). The van der Waals surface area contributed by atoms with Gasteiger partial charge in [0.2, 0.25) is 5.91 Å². The van der Waals surface area contributed by atoms with Crippen molar-refractivity contribution in [3.8, 4) is 0 Å². The lowest BCUT2D eigenvalue weighted by atomic mass is 9.75. The number of carbonyl (C=O) groups excluding carboxylic acids is 2. The van der Waals surface area contributed by atoms with Crippen molar-refractivity contribution < 1.29 is 24.5 Å². The summed E-state index contributed by atoms with van der Waals surface area (Å²) < 4.78 is 5.67. The van der Waals surface area contributed by atoms with Gasteiger partial charge in [0.15, 0.2) is 0 Å². The largest absolute Gasteiger partial charge is 0.462 e. The monoisotopic (exact) mass is 357 g/mol. The van der Waals surface area contributed by atoms with E-state index in [1.54, 1.807) is 13.8 Å². The summed E-state index contributed by atoms with van der Waals surface area (Å²) >= 11 is 0. The Bertz CT molecular complexity index is 449. The molecule has 0 aromatic heterocycles. The van der Waals surface area contributed by atoms with E-state index < -0.39 is 17.4 Å². The zero-order valence-electron chi connectivity index (χ0n) is 16.2. The Morgan fingerprint density at radius 2 is 1.92 bits per heavy atom. The third-order valence-electron chi connectivity index (χ3n) is 5.27. The van der Waals surface area contributed by atoms with Crippen molar-refractivity contribution >= 4 is 11.9 Å². The molecule has 0 aromatic rings. The molecule has 0 spiro atoms. The molecule has 1 fully saturated rings. The van der Waals surface area contributed by atoms with Crippen LogP contribution >= 0.6 is 0 Å². The summed E-state index contributed by atoms with van der Waals surface area (Å²) in [5, 5.41) is 21.6. The zero-order chi connectivity index (χ0) is 19.2. The molecule has 0 aliphatic heterocycles. The summed E-state index contributed by atoms with van der Waals surface area (Å²) in [5.74, 6) is 0.519. The summed E-state index contributed by atoms with van der Waals surface area (Å²) in [6.07, 6.45) is 1.85. The van der Waals surface area contributed by atoms with Crippen LogP contribution in [-0.2, 0) is 14.3 Å². The minimum atomic E-state index is -1.32. The average Bonchev–Trinajstić information content (AvgIpc) is 2.53. The Morgan fingerprint density at radius 3 is 2.48 bits per heavy atom. The van der Waals surface area contributed by atoms with E-state index in [0.29, 0.717) is 17.8 Å². The van der Waals surface area contributed by atoms with E-state index in [9.17, 15) is 19.8 Å². The first-order valence-corrected chi connectivity index (χ1v) is 9.34. The SMILES string of the molecule is CC(C)[C@@H]1CC[C@@H](C)C[C@H]1OC(=O)CCNC(=O)C(O)C(C)(C)CO. The average molecular weight is 357 g/mol. The van der Waals surface area contributed by atoms with Crippen LogP contribution in [0.5, 0.6) is 0 Å². The van der Waals surface area contributed by atoms with Crippen LogP contribution in [0.3, 0.4) is 0 Å². The summed E-state index contributed by atoms with van der Waals surface area (Å²) in [6, 6.07) is 0. The van der Waals surface area contributed by atoms with E-state index in [4.69, 9.17) is 4.74 Å². The van der Waals surface area contributed by atoms with Crippen molar-refractivity contribution in [2.24, 2.45) is 23.2 Å². The van der Waals surface area contributed by atoms with Crippen LogP contribution in [0.4, 0.5) is 0 Å². The molecule has 146 valence electrons. The van der Waals surface area contributed by atoms with Gasteiger partial charge in [-0.05, 0) is 30.6 Å². The molecule has 0 saturated heterocycles. The van der Waals surface area contributed by atoms with Gasteiger partial charge in [0, 0.05) is 12.0 Å². The second kappa shape index (κ2) is 9.53. The van der Waals surface area contributed by atoms with Crippen LogP contribution in [0.2, 0.25) is 0 Å². The third-order valence-corrected chi connectivity index (χ3v) is 5.27. The summed E-state index contributed by atoms with van der Waals surface area (Å²) in [5.41, 5.74) is -0.923. The van der Waals surface area contributed by atoms with Crippen LogP contribution in [0.1, 0.15) is 60.3 Å². The quantitative estimate of drug-likeness (QED) is 0.577. The number of rotatable bonds is 8. The predicted octanol–water partition coefficient (Wildman–Crippen LogP) is 1.88. The molecule has 4 atom stereocenters. The van der Waals surface area contributed by atoms with Crippen LogP contribution in [0, 0.1) is 23.2 Å². The van der Waals surface area contributed by atoms with Crippen molar-refractivity contribution in [1.29, 1.82) is 0 Å². The fourth-order valence-corrected chi connectivity index (χ4v) is 3.30. The van der Waals surface area contributed by atoms with Crippen molar-refractivity contribution in [1.82, 2.24) is 5.32 Å². The topological polar surface area (TPSA) is 95.9 Å². The van der Waals surface area contributed by atoms with Gasteiger partial charge in [-0.1, -0.05) is 41.0 Å². The minimum Gasteiger partial charge on any atom is -0.462 e. The highest BCUT2D eigenvalue weighted by atomic mass is 16.5. The van der Waals surface area contributed by atoms with E-state index in [1.807, 2.05) is 0 Å². The number of aliphatic hydroxyl groups is 2. The second-order valence-electron chi connectivity index (χ2n) is 8.44. The molecule has 0 bridgehead atoms. The minimum absolute atomic E-state index is 0.0501. The lowest BCUT2D eigenvalue weighted by Crippen LogP contribution is -2.46. The molecule has 6 nitrogen and oxygen atoms in total. The Labute approximate surface area is 151 Å². The molecule has 1 aliphatic carbocycles. The smallest absolute Gasteiger partial charge is 0.307 e. The number of hydrogen-bond donors (Lipinski definition) is 3. The highest BCUT2D eigenvalue weighted by Crippen LogP contribution is 2.35. The third kappa shape index (κ3) is 6.59. The molecule has 25 heavy (non-hydrogen) atoms. The van der Waals surface area contributed by atoms with Crippen molar-refractivity contribution in [2.45, 2.75) is 72.5 Å². The molecule has 3 N–H and O–H groups in total. The van der Waals surface area contributed by atoms with Crippen molar-refractivity contribution in [3.05, 3.63) is 0 Å². The summed E-state index contributed by atoms with van der Waals surface area (Å²) in [6.45, 7) is 9.51. The number of ether oxygens (including phenoxy) is 1. The maximum absolute atomic E-state index is 12.1. The van der Waals surface area contributed by atoms with Crippen LogP contribution in [0.25, 0.3) is 0 Å². The number of amides is 1. The molecular weight excluding hydrogens is 322 g/mol. The van der Waals surface area contributed by atoms with Gasteiger partial charge in [0.1, 0.15) is 12.2 Å². The predicted molar refractivity (Wildman–Crippen MR) is 95.7 cm³/mol. The maximum Gasteiger partial charge on any atom is 0.307 e. The standard InChI is InChI=1S/C19H35NO5/c1-12(2)14-7-6-13(3)10-15(14)25-16(22)8-9-20-18(24)17(23)19(4,5)11-21/h12-15,17,21,23H,6-11H2,1-5H3,(H,20,24)/t13-,14+,15-,17?/m1/s1. The molecular formula is C19H35NO5. The lowest BCUT2D eigenvalue weighted by molar-refractivity contribution is -0.155. The highest BCUT2D eigenvalue weighted by molar-refractivity contribution is 5.81. The molecule has 0 radical (unpaired) electrons. The first-order valence-electron chi connectivity index (χ1n) is 9.34. The Morgan fingerprint density at radius 1 is 1.28 bits per heavy atom. The molecule has 1 amide bonds. The van der Waals surface area contributed by atoms with Gasteiger partial charge in [0.25, 0.3) is 0 Å². The Kier molecular flexibility index (Phi) is 8.35. The molecule has 0 heterocycles. The molecule has 6 heteroatoms. The lowest BCUT2D eigenvalue weighted by Gasteiger charge is -2.36. The zero-order valence-corrected chi connectivity index (χ0v) is 16.2. The van der Waals surface area contributed by atoms with E-state index in [0.717, 1.165) is 12.8 Å². The van der Waals surface area contributed by atoms with E-state index in [2.05, 4.69) is 26.1 Å². The van der Waals surface area contributed by atoms with Crippen molar-refractivity contribution in [3.63, 3.8) is 0 Å². The van der Waals surface area contributed by atoms with Gasteiger partial charge in [-0.15, -0.1) is 0 Å². The second-order valence-corrected chi connectivity index (χ2v) is 8.44. The van der Waals surface area contributed by atoms with Crippen LogP contribution < -0.4 is 5.32 Å². The number of hydrogen-bond acceptors (Lipinski definition) is 5. The van der Waals surface area contributed by atoms with Gasteiger partial charge in [0.05, 0.1) is 13.0 Å². The Hall–Kier alpha value is -1.14. The van der Waals surface area contributed by atoms with Crippen LogP contribution in [0.15, 0.2) is 0 Å². The number of aliphatic hydroxyl groups excluding tert-OH is 2. The molecule has 1 aliphatic rings. The normalized spacial score (nSPS) is 25.5. The van der Waals surface area contributed by atoms with E-state index in [1.165, 1.54) is 6.42 Å². The van der Waals surface area contributed by atoms with Gasteiger partial charge in [-0.2, -0.15) is 0 Å². The number of esters is 1. The maximum atomic E-state index is 12.1. The van der Waals surface area contributed by atoms with Gasteiger partial charge < -0.3 is 20.3 Å². The van der Waals surface area contributed by atoms with Gasteiger partial charge in [-0.25, -0.2) is 0 Å². The fourth-order valence-electron chi connectivity index (χ4n) is 3.30. The number of nitrogens with one attached hydrogen (secondary N) is 1. The van der Waals surface area contributed by atoms with Crippen LogP contribution in [-0.4, -0.2) is 47.4 Å². The molecule has 0 aromatic carbocycles. The van der Waals surface area contributed by atoms with E-state index in [-0.39, 0.29) is 31.6 Å². The highest BCUT2D eigenvalue weighted by Gasteiger charge is 2.34. The van der Waals surface area contributed by atoms with Gasteiger partial charge >= 0.3 is 5.97 Å². The first kappa shape index (κ1) is 21.9. The van der Waals surface area contributed by atoms with Crippen molar-refractivity contribution in [2.75, 3.05) is 13.2 Å². The summed E-state index contributed by atoms with van der Waals surface area (Å²) in [4.78, 5) is 24.0. The van der Waals surface area contributed by atoms with Gasteiger partial charge in [-0.3, -0.25) is 9.59 Å². The molecule has 1 unspecified atom stereocenters. The first-order chi connectivity index (χ1) is 11.6. The summed E-state index contributed by atoms with van der Waals surface area (Å²) in [7, 11) is 0. The fraction of sp³-hybridized carbons (Fsp3) is 0.895. The number of carbonyl (C=O) groups is 2. The van der Waals surface area contributed by atoms with E-state index >= 15 is 0 Å². The Balaban J connectivity index is 2.42. The molecule has 1 saturated carbocycles.